The van der Waals surface area contributed by atoms with E-state index in [1.807, 2.05) is 24.3 Å². The molecule has 192 valence electrons. The van der Waals surface area contributed by atoms with E-state index in [2.05, 4.69) is 26.1 Å². The van der Waals surface area contributed by atoms with Gasteiger partial charge in [0.15, 0.2) is 0 Å². The minimum Gasteiger partial charge on any atom is -0.492 e. The number of rotatable bonds is 9. The van der Waals surface area contributed by atoms with Crippen LogP contribution in [-0.4, -0.2) is 33.7 Å². The van der Waals surface area contributed by atoms with Gasteiger partial charge in [-0.2, -0.15) is 0 Å². The fraction of sp³-hybridized carbons (Fsp3) is 0.296. The number of sulfonamides is 1. The van der Waals surface area contributed by atoms with Crippen LogP contribution in [0.4, 0.5) is 10.1 Å². The zero-order chi connectivity index (χ0) is 26.5. The first kappa shape index (κ1) is 27.5. The van der Waals surface area contributed by atoms with Crippen LogP contribution in [0.5, 0.6) is 5.75 Å². The Kier molecular flexibility index (Phi) is 8.63. The normalized spacial score (nSPS) is 11.7. The van der Waals surface area contributed by atoms with Crippen molar-refractivity contribution in [3.8, 4) is 5.75 Å². The molecule has 1 amide bonds. The van der Waals surface area contributed by atoms with Crippen LogP contribution in [0.2, 0.25) is 5.02 Å². The van der Waals surface area contributed by atoms with Gasteiger partial charge >= 0.3 is 0 Å². The van der Waals surface area contributed by atoms with Crippen molar-refractivity contribution < 1.29 is 22.3 Å². The molecule has 6 nitrogen and oxygen atoms in total. The summed E-state index contributed by atoms with van der Waals surface area (Å²) in [6.07, 6.45) is 1.06. The van der Waals surface area contributed by atoms with Gasteiger partial charge in [-0.25, -0.2) is 12.8 Å². The largest absolute Gasteiger partial charge is 0.492 e. The summed E-state index contributed by atoms with van der Waals surface area (Å²) >= 11 is 5.83. The maximum atomic E-state index is 13.5. The van der Waals surface area contributed by atoms with Gasteiger partial charge in [-0.15, -0.1) is 0 Å². The summed E-state index contributed by atoms with van der Waals surface area (Å²) in [5.41, 5.74) is 2.62. The third-order valence-corrected chi connectivity index (χ3v) is 6.94. The molecule has 0 radical (unpaired) electrons. The fourth-order valence-electron chi connectivity index (χ4n) is 3.45. The van der Waals surface area contributed by atoms with Gasteiger partial charge in [0.25, 0.3) is 5.91 Å². The molecule has 0 atom stereocenters. The van der Waals surface area contributed by atoms with Crippen molar-refractivity contribution in [2.75, 3.05) is 23.7 Å². The Morgan fingerprint density at radius 3 is 2.22 bits per heavy atom. The van der Waals surface area contributed by atoms with Crippen molar-refractivity contribution >= 4 is 33.2 Å². The molecule has 0 heterocycles. The number of hydrogen-bond donors (Lipinski definition) is 1. The van der Waals surface area contributed by atoms with E-state index in [9.17, 15) is 17.6 Å². The van der Waals surface area contributed by atoms with Crippen molar-refractivity contribution in [2.45, 2.75) is 32.7 Å². The highest BCUT2D eigenvalue weighted by molar-refractivity contribution is 7.92. The molecule has 0 bridgehead atoms. The first-order valence-corrected chi connectivity index (χ1v) is 13.6. The fourth-order valence-corrected chi connectivity index (χ4v) is 4.51. The summed E-state index contributed by atoms with van der Waals surface area (Å²) in [6.45, 7) is 7.10. The number of halogens is 2. The predicted molar refractivity (Wildman–Crippen MR) is 142 cm³/mol. The second-order valence-electron chi connectivity index (χ2n) is 9.44. The average molecular weight is 533 g/mol. The number of ether oxygens (including phenoxy) is 1. The number of nitrogens with zero attached hydrogens (tertiary/aromatic N) is 1. The summed E-state index contributed by atoms with van der Waals surface area (Å²) in [5, 5.41) is 2.64. The van der Waals surface area contributed by atoms with Crippen molar-refractivity contribution in [3.63, 3.8) is 0 Å². The quantitative estimate of drug-likeness (QED) is 0.366. The Hall–Kier alpha value is -3.10. The van der Waals surface area contributed by atoms with E-state index in [4.69, 9.17) is 16.3 Å². The maximum absolute atomic E-state index is 13.5. The number of carbonyl (C=O) groups excluding carboxylic acids is 1. The van der Waals surface area contributed by atoms with Crippen molar-refractivity contribution in [2.24, 2.45) is 0 Å². The molecule has 0 fully saturated rings. The average Bonchev–Trinajstić information content (AvgIpc) is 2.81. The van der Waals surface area contributed by atoms with Gasteiger partial charge in [0.05, 0.1) is 30.1 Å². The van der Waals surface area contributed by atoms with E-state index in [-0.39, 0.29) is 28.6 Å². The van der Waals surface area contributed by atoms with Crippen LogP contribution >= 0.6 is 11.6 Å². The molecule has 0 saturated carbocycles. The third kappa shape index (κ3) is 7.45. The van der Waals surface area contributed by atoms with Crippen LogP contribution in [0.1, 0.15) is 42.3 Å². The van der Waals surface area contributed by atoms with Crippen molar-refractivity contribution in [1.29, 1.82) is 0 Å². The van der Waals surface area contributed by atoms with Crippen LogP contribution < -0.4 is 14.4 Å². The van der Waals surface area contributed by atoms with Crippen molar-refractivity contribution in [1.82, 2.24) is 5.32 Å². The lowest BCUT2D eigenvalue weighted by Crippen LogP contribution is -2.29. The van der Waals surface area contributed by atoms with Crippen LogP contribution in [0.3, 0.4) is 0 Å². The van der Waals surface area contributed by atoms with Gasteiger partial charge in [0, 0.05) is 5.56 Å². The van der Waals surface area contributed by atoms with Crippen LogP contribution in [0.15, 0.2) is 66.7 Å². The zero-order valence-electron chi connectivity index (χ0n) is 20.7. The summed E-state index contributed by atoms with van der Waals surface area (Å²) in [5.74, 6) is -0.161. The van der Waals surface area contributed by atoms with Gasteiger partial charge in [-0.05, 0) is 59.0 Å². The Labute approximate surface area is 217 Å². The van der Waals surface area contributed by atoms with E-state index in [1.54, 1.807) is 24.3 Å². The molecule has 36 heavy (non-hydrogen) atoms. The van der Waals surface area contributed by atoms with Crippen LogP contribution in [0.25, 0.3) is 0 Å². The van der Waals surface area contributed by atoms with Crippen LogP contribution in [0, 0.1) is 5.82 Å². The van der Waals surface area contributed by atoms with Gasteiger partial charge in [0.2, 0.25) is 10.0 Å². The predicted octanol–water partition coefficient (Wildman–Crippen LogP) is 5.55. The zero-order valence-corrected chi connectivity index (χ0v) is 22.3. The number of anilines is 1. The van der Waals surface area contributed by atoms with E-state index in [0.29, 0.717) is 24.3 Å². The molecule has 0 unspecified atom stereocenters. The number of nitrogens with one attached hydrogen (secondary N) is 1. The van der Waals surface area contributed by atoms with Gasteiger partial charge in [-0.3, -0.25) is 9.10 Å². The molecule has 1 N–H and O–H groups in total. The van der Waals surface area contributed by atoms with Gasteiger partial charge < -0.3 is 10.1 Å². The highest BCUT2D eigenvalue weighted by Crippen LogP contribution is 2.26. The maximum Gasteiger partial charge on any atom is 0.251 e. The third-order valence-electron chi connectivity index (χ3n) is 5.51. The molecule has 0 aliphatic carbocycles. The molecule has 3 aromatic rings. The lowest BCUT2D eigenvalue weighted by Gasteiger charge is -2.23. The minimum atomic E-state index is -3.66. The van der Waals surface area contributed by atoms with E-state index in [0.717, 1.165) is 22.4 Å². The summed E-state index contributed by atoms with van der Waals surface area (Å²) < 4.78 is 45.0. The second kappa shape index (κ2) is 11.3. The number of carbonyl (C=O) groups is 1. The standard InChI is InChI=1S/C27H30ClFN2O4S/c1-27(2,3)21-9-12-23(13-10-21)35-16-15-30-26(32)20-7-5-19(6-8-20)18-31(36(4,33)34)22-11-14-25(29)24(28)17-22/h5-14,17H,15-16,18H2,1-4H3,(H,30,32). The second-order valence-corrected chi connectivity index (χ2v) is 11.8. The van der Waals surface area contributed by atoms with E-state index >= 15 is 0 Å². The first-order chi connectivity index (χ1) is 16.8. The smallest absolute Gasteiger partial charge is 0.251 e. The molecule has 0 aliphatic heterocycles. The van der Waals surface area contributed by atoms with Gasteiger partial charge in [0.1, 0.15) is 18.2 Å². The summed E-state index contributed by atoms with van der Waals surface area (Å²) in [6, 6.07) is 18.2. The van der Waals surface area contributed by atoms with E-state index in [1.165, 1.54) is 17.7 Å². The Balaban J connectivity index is 1.55. The Morgan fingerprint density at radius 1 is 1.03 bits per heavy atom. The van der Waals surface area contributed by atoms with Gasteiger partial charge in [-0.1, -0.05) is 56.6 Å². The molecule has 0 aliphatic rings. The molecule has 0 saturated heterocycles. The number of hydrogen-bond acceptors (Lipinski definition) is 4. The molecular weight excluding hydrogens is 503 g/mol. The summed E-state index contributed by atoms with van der Waals surface area (Å²) in [4.78, 5) is 12.5. The number of benzene rings is 3. The highest BCUT2D eigenvalue weighted by atomic mass is 35.5. The Bertz CT molecular complexity index is 1310. The lowest BCUT2D eigenvalue weighted by atomic mass is 9.87. The lowest BCUT2D eigenvalue weighted by molar-refractivity contribution is 0.0947. The van der Waals surface area contributed by atoms with E-state index < -0.39 is 15.8 Å². The summed E-state index contributed by atoms with van der Waals surface area (Å²) in [7, 11) is -3.66. The SMILES string of the molecule is CC(C)(C)c1ccc(OCCNC(=O)c2ccc(CN(c3ccc(F)c(Cl)c3)S(C)(=O)=O)cc2)cc1. The Morgan fingerprint density at radius 2 is 1.67 bits per heavy atom. The monoisotopic (exact) mass is 532 g/mol. The molecule has 3 rings (SSSR count). The van der Waals surface area contributed by atoms with Crippen LogP contribution in [-0.2, 0) is 22.0 Å². The first-order valence-electron chi connectivity index (χ1n) is 11.4. The topological polar surface area (TPSA) is 75.7 Å². The molecule has 3 aromatic carbocycles. The molecule has 9 heteroatoms. The molecular formula is C27H30ClFN2O4S. The number of amides is 1. The highest BCUT2D eigenvalue weighted by Gasteiger charge is 2.19. The minimum absolute atomic E-state index is 0.00450. The molecule has 0 spiro atoms. The molecule has 0 aromatic heterocycles. The van der Waals surface area contributed by atoms with Crippen molar-refractivity contribution in [3.05, 3.63) is 94.3 Å².